The van der Waals surface area contributed by atoms with Gasteiger partial charge in [0.15, 0.2) is 0 Å². The van der Waals surface area contributed by atoms with Crippen LogP contribution in [0.1, 0.15) is 44.2 Å². The van der Waals surface area contributed by atoms with E-state index in [4.69, 9.17) is 0 Å². The largest absolute Gasteiger partial charge is 0.311 e. The van der Waals surface area contributed by atoms with Gasteiger partial charge >= 0.3 is 0 Å². The molecule has 1 saturated carbocycles. The Morgan fingerprint density at radius 3 is 2.69 bits per heavy atom. The maximum atomic E-state index is 4.17. The van der Waals surface area contributed by atoms with Crippen molar-refractivity contribution in [1.82, 2.24) is 15.1 Å². The van der Waals surface area contributed by atoms with Gasteiger partial charge in [-0.1, -0.05) is 25.7 Å². The molecule has 0 amide bonds. The second-order valence-electron chi connectivity index (χ2n) is 4.93. The standard InChI is InChI=1S/C13H23N3/c1-16-13(8-9-15-16)11-14-10-12-6-4-2-3-5-7-12/h8-9,12,14H,2-7,10-11H2,1H3. The summed E-state index contributed by atoms with van der Waals surface area (Å²) >= 11 is 0. The van der Waals surface area contributed by atoms with E-state index in [-0.39, 0.29) is 0 Å². The molecule has 1 fully saturated rings. The van der Waals surface area contributed by atoms with Crippen molar-refractivity contribution in [3.05, 3.63) is 18.0 Å². The average molecular weight is 221 g/mol. The van der Waals surface area contributed by atoms with Gasteiger partial charge in [0.2, 0.25) is 0 Å². The quantitative estimate of drug-likeness (QED) is 0.792. The van der Waals surface area contributed by atoms with Crippen LogP contribution in [-0.2, 0) is 13.6 Å². The van der Waals surface area contributed by atoms with Crippen LogP contribution in [0.5, 0.6) is 0 Å². The number of rotatable bonds is 4. The van der Waals surface area contributed by atoms with Gasteiger partial charge in [-0.05, 0) is 31.4 Å². The van der Waals surface area contributed by atoms with Crippen molar-refractivity contribution in [3.8, 4) is 0 Å². The monoisotopic (exact) mass is 221 g/mol. The molecule has 1 aliphatic rings. The molecule has 1 aromatic rings. The molecule has 3 heteroatoms. The van der Waals surface area contributed by atoms with E-state index in [0.717, 1.165) is 12.5 Å². The molecule has 90 valence electrons. The van der Waals surface area contributed by atoms with E-state index in [9.17, 15) is 0 Å². The molecule has 0 bridgehead atoms. The van der Waals surface area contributed by atoms with E-state index in [1.807, 2.05) is 17.9 Å². The summed E-state index contributed by atoms with van der Waals surface area (Å²) in [5.41, 5.74) is 1.27. The van der Waals surface area contributed by atoms with Gasteiger partial charge in [-0.3, -0.25) is 4.68 Å². The third kappa shape index (κ3) is 3.34. The average Bonchev–Trinajstić information content (AvgIpc) is 2.55. The van der Waals surface area contributed by atoms with Crippen LogP contribution in [0.25, 0.3) is 0 Å². The molecule has 0 aromatic carbocycles. The zero-order valence-electron chi connectivity index (χ0n) is 10.3. The molecule has 1 N–H and O–H groups in total. The smallest absolute Gasteiger partial charge is 0.0518 e. The van der Waals surface area contributed by atoms with Crippen LogP contribution in [0.15, 0.2) is 12.3 Å². The lowest BCUT2D eigenvalue weighted by molar-refractivity contribution is 0.421. The highest BCUT2D eigenvalue weighted by Crippen LogP contribution is 2.22. The second kappa shape index (κ2) is 6.04. The van der Waals surface area contributed by atoms with Gasteiger partial charge in [0, 0.05) is 19.8 Å². The van der Waals surface area contributed by atoms with Crippen LogP contribution in [0, 0.1) is 5.92 Å². The van der Waals surface area contributed by atoms with Crippen LogP contribution in [0.2, 0.25) is 0 Å². The number of hydrogen-bond donors (Lipinski definition) is 1. The Kier molecular flexibility index (Phi) is 4.40. The summed E-state index contributed by atoms with van der Waals surface area (Å²) < 4.78 is 1.94. The molecule has 1 aliphatic carbocycles. The third-order valence-corrected chi connectivity index (χ3v) is 3.64. The molecule has 0 saturated heterocycles. The van der Waals surface area contributed by atoms with Gasteiger partial charge in [-0.25, -0.2) is 0 Å². The predicted octanol–water partition coefficient (Wildman–Crippen LogP) is 2.48. The molecular weight excluding hydrogens is 198 g/mol. The van der Waals surface area contributed by atoms with Crippen molar-refractivity contribution >= 4 is 0 Å². The highest BCUT2D eigenvalue weighted by Gasteiger charge is 2.11. The van der Waals surface area contributed by atoms with Gasteiger partial charge in [-0.15, -0.1) is 0 Å². The molecule has 0 atom stereocenters. The highest BCUT2D eigenvalue weighted by atomic mass is 15.3. The molecule has 0 radical (unpaired) electrons. The summed E-state index contributed by atoms with van der Waals surface area (Å²) in [7, 11) is 2.00. The van der Waals surface area contributed by atoms with Crippen molar-refractivity contribution in [2.75, 3.05) is 6.54 Å². The zero-order chi connectivity index (χ0) is 11.2. The van der Waals surface area contributed by atoms with Crippen molar-refractivity contribution in [2.45, 2.75) is 45.1 Å². The summed E-state index contributed by atoms with van der Waals surface area (Å²) in [6.07, 6.45) is 10.4. The topological polar surface area (TPSA) is 29.9 Å². The molecule has 1 heterocycles. The predicted molar refractivity (Wildman–Crippen MR) is 66.1 cm³/mol. The van der Waals surface area contributed by atoms with E-state index in [0.29, 0.717) is 0 Å². The summed E-state index contributed by atoms with van der Waals surface area (Å²) in [6, 6.07) is 2.08. The Bertz CT molecular complexity index is 298. The lowest BCUT2D eigenvalue weighted by atomic mass is 10.0. The second-order valence-corrected chi connectivity index (χ2v) is 4.93. The fourth-order valence-electron chi connectivity index (χ4n) is 2.55. The lowest BCUT2D eigenvalue weighted by Gasteiger charge is -2.14. The maximum absolute atomic E-state index is 4.17. The minimum atomic E-state index is 0.899. The summed E-state index contributed by atoms with van der Waals surface area (Å²) in [6.45, 7) is 2.12. The number of aryl methyl sites for hydroxylation is 1. The Morgan fingerprint density at radius 1 is 1.31 bits per heavy atom. The first-order chi connectivity index (χ1) is 7.86. The lowest BCUT2D eigenvalue weighted by Crippen LogP contribution is -2.23. The Labute approximate surface area is 98.2 Å². The fourth-order valence-corrected chi connectivity index (χ4v) is 2.55. The molecule has 3 nitrogen and oxygen atoms in total. The van der Waals surface area contributed by atoms with Crippen molar-refractivity contribution < 1.29 is 0 Å². The third-order valence-electron chi connectivity index (χ3n) is 3.64. The van der Waals surface area contributed by atoms with Crippen molar-refractivity contribution in [2.24, 2.45) is 13.0 Å². The van der Waals surface area contributed by atoms with Gasteiger partial charge in [0.25, 0.3) is 0 Å². The van der Waals surface area contributed by atoms with E-state index in [2.05, 4.69) is 16.5 Å². The van der Waals surface area contributed by atoms with Crippen LogP contribution < -0.4 is 5.32 Å². The van der Waals surface area contributed by atoms with Crippen LogP contribution >= 0.6 is 0 Å². The summed E-state index contributed by atoms with van der Waals surface area (Å²) in [4.78, 5) is 0. The number of aromatic nitrogens is 2. The number of nitrogens with zero attached hydrogens (tertiary/aromatic N) is 2. The molecule has 1 aromatic heterocycles. The highest BCUT2D eigenvalue weighted by molar-refractivity contribution is 4.99. The van der Waals surface area contributed by atoms with E-state index in [1.54, 1.807) is 0 Å². The zero-order valence-corrected chi connectivity index (χ0v) is 10.3. The SMILES string of the molecule is Cn1nccc1CNCC1CCCCCC1. The van der Waals surface area contributed by atoms with E-state index < -0.39 is 0 Å². The van der Waals surface area contributed by atoms with Gasteiger partial charge in [0.05, 0.1) is 5.69 Å². The van der Waals surface area contributed by atoms with Crippen LogP contribution in [-0.4, -0.2) is 16.3 Å². The molecule has 0 aliphatic heterocycles. The van der Waals surface area contributed by atoms with Gasteiger partial charge < -0.3 is 5.32 Å². The minimum absolute atomic E-state index is 0.899. The Hall–Kier alpha value is -0.830. The van der Waals surface area contributed by atoms with Crippen LogP contribution in [0.3, 0.4) is 0 Å². The minimum Gasteiger partial charge on any atom is -0.311 e. The van der Waals surface area contributed by atoms with E-state index >= 15 is 0 Å². The van der Waals surface area contributed by atoms with Crippen molar-refractivity contribution in [3.63, 3.8) is 0 Å². The first-order valence-electron chi connectivity index (χ1n) is 6.54. The number of hydrogen-bond acceptors (Lipinski definition) is 2. The molecule has 0 unspecified atom stereocenters. The first kappa shape index (κ1) is 11.6. The van der Waals surface area contributed by atoms with Gasteiger partial charge in [0.1, 0.15) is 0 Å². The number of nitrogens with one attached hydrogen (secondary N) is 1. The summed E-state index contributed by atoms with van der Waals surface area (Å²) in [5.74, 6) is 0.899. The fraction of sp³-hybridized carbons (Fsp3) is 0.769. The van der Waals surface area contributed by atoms with Gasteiger partial charge in [-0.2, -0.15) is 5.10 Å². The molecule has 2 rings (SSSR count). The maximum Gasteiger partial charge on any atom is 0.0518 e. The summed E-state index contributed by atoms with van der Waals surface area (Å²) in [5, 5.41) is 7.74. The van der Waals surface area contributed by atoms with E-state index in [1.165, 1.54) is 50.8 Å². The molecule has 16 heavy (non-hydrogen) atoms. The van der Waals surface area contributed by atoms with Crippen LogP contribution in [0.4, 0.5) is 0 Å². The Morgan fingerprint density at radius 2 is 2.06 bits per heavy atom. The Balaban J connectivity index is 1.69. The molecular formula is C13H23N3. The van der Waals surface area contributed by atoms with Crippen molar-refractivity contribution in [1.29, 1.82) is 0 Å². The normalized spacial score (nSPS) is 18.6. The first-order valence-corrected chi connectivity index (χ1v) is 6.54. The molecule has 0 spiro atoms.